The summed E-state index contributed by atoms with van der Waals surface area (Å²) in [6, 6.07) is 3.35. The lowest BCUT2D eigenvalue weighted by atomic mass is 10.1. The van der Waals surface area contributed by atoms with Crippen LogP contribution in [0.5, 0.6) is 0 Å². The monoisotopic (exact) mass is 410 g/mol. The van der Waals surface area contributed by atoms with Crippen molar-refractivity contribution in [1.82, 2.24) is 4.31 Å². The van der Waals surface area contributed by atoms with Crippen LogP contribution in [0.3, 0.4) is 0 Å². The molecule has 1 aromatic carbocycles. The molecule has 1 aromatic rings. The van der Waals surface area contributed by atoms with Gasteiger partial charge in [-0.25, -0.2) is 8.42 Å². The minimum atomic E-state index is -3.50. The number of hydrogen-bond donors (Lipinski definition) is 1. The molecule has 4 nitrogen and oxygen atoms in total. The zero-order valence-electron chi connectivity index (χ0n) is 10.7. The Morgan fingerprint density at radius 1 is 1.26 bits per heavy atom. The first-order valence-corrected chi connectivity index (χ1v) is 8.97. The van der Waals surface area contributed by atoms with Gasteiger partial charge in [-0.2, -0.15) is 4.31 Å². The topological polar surface area (TPSA) is 63.4 Å². The zero-order valence-corrected chi connectivity index (χ0v) is 14.7. The first-order valence-electron chi connectivity index (χ1n) is 5.95. The fourth-order valence-electron chi connectivity index (χ4n) is 2.11. The van der Waals surface area contributed by atoms with Crippen molar-refractivity contribution in [3.63, 3.8) is 0 Å². The van der Waals surface area contributed by atoms with Gasteiger partial charge in [-0.3, -0.25) is 0 Å². The number of sulfonamides is 1. The van der Waals surface area contributed by atoms with Crippen LogP contribution in [0.1, 0.15) is 12.5 Å². The minimum absolute atomic E-state index is 0.0950. The van der Waals surface area contributed by atoms with Gasteiger partial charge in [-0.05, 0) is 46.5 Å². The van der Waals surface area contributed by atoms with Gasteiger partial charge in [0.15, 0.2) is 0 Å². The summed E-state index contributed by atoms with van der Waals surface area (Å²) in [4.78, 5) is 0.284. The molecule has 19 heavy (non-hydrogen) atoms. The van der Waals surface area contributed by atoms with Crippen molar-refractivity contribution < 1.29 is 8.42 Å². The van der Waals surface area contributed by atoms with Crippen LogP contribution in [0, 0.1) is 12.8 Å². The maximum atomic E-state index is 12.6. The van der Waals surface area contributed by atoms with Crippen LogP contribution in [-0.2, 0) is 10.0 Å². The highest BCUT2D eigenvalue weighted by atomic mass is 79.9. The van der Waals surface area contributed by atoms with E-state index in [1.807, 2.05) is 13.8 Å². The molecule has 2 atom stereocenters. The van der Waals surface area contributed by atoms with Crippen LogP contribution in [0.4, 0.5) is 0 Å². The van der Waals surface area contributed by atoms with Gasteiger partial charge in [-0.1, -0.05) is 22.9 Å². The Hall–Kier alpha value is 0.0500. The van der Waals surface area contributed by atoms with E-state index in [1.54, 1.807) is 12.1 Å². The molecule has 2 N–H and O–H groups in total. The molecule has 0 aliphatic carbocycles. The quantitative estimate of drug-likeness (QED) is 0.812. The zero-order chi connectivity index (χ0) is 14.4. The van der Waals surface area contributed by atoms with Crippen molar-refractivity contribution in [3.05, 3.63) is 26.6 Å². The number of nitrogens with two attached hydrogens (primary N) is 1. The van der Waals surface area contributed by atoms with Crippen molar-refractivity contribution in [1.29, 1.82) is 0 Å². The molecule has 1 fully saturated rings. The minimum Gasteiger partial charge on any atom is -0.326 e. The highest BCUT2D eigenvalue weighted by Gasteiger charge is 2.36. The summed E-state index contributed by atoms with van der Waals surface area (Å²) >= 11 is 6.71. The Morgan fingerprint density at radius 3 is 2.42 bits per heavy atom. The van der Waals surface area contributed by atoms with E-state index in [1.165, 1.54) is 4.31 Å². The average Bonchev–Trinajstić information content (AvgIpc) is 2.65. The van der Waals surface area contributed by atoms with Gasteiger partial charge in [0.2, 0.25) is 10.0 Å². The highest BCUT2D eigenvalue weighted by molar-refractivity contribution is 9.11. The Labute approximate surface area is 130 Å². The number of halogens is 2. The lowest BCUT2D eigenvalue weighted by Gasteiger charge is -2.18. The van der Waals surface area contributed by atoms with E-state index in [9.17, 15) is 8.42 Å². The summed E-state index contributed by atoms with van der Waals surface area (Å²) < 4.78 is 28.1. The summed E-state index contributed by atoms with van der Waals surface area (Å²) in [5, 5.41) is 0. The molecule has 0 radical (unpaired) electrons. The molecule has 0 spiro atoms. The van der Waals surface area contributed by atoms with Crippen molar-refractivity contribution in [3.8, 4) is 0 Å². The third kappa shape index (κ3) is 2.90. The number of nitrogens with zero attached hydrogens (tertiary/aromatic N) is 1. The summed E-state index contributed by atoms with van der Waals surface area (Å²) in [6.07, 6.45) is 0. The molecule has 1 aliphatic rings. The molecule has 1 aliphatic heterocycles. The standard InChI is InChI=1S/C12H16Br2N2O2S/c1-7-3-10(14)12(4-9(7)13)19(17,18)16-5-8(2)11(15)6-16/h3-4,8,11H,5-6,15H2,1-2H3. The van der Waals surface area contributed by atoms with Crippen LogP contribution < -0.4 is 5.73 Å². The summed E-state index contributed by atoms with van der Waals surface area (Å²) in [6.45, 7) is 4.74. The average molecular weight is 412 g/mol. The number of rotatable bonds is 2. The summed E-state index contributed by atoms with van der Waals surface area (Å²) in [5.74, 6) is 0.183. The molecule has 7 heteroatoms. The van der Waals surface area contributed by atoms with E-state index in [2.05, 4.69) is 31.9 Å². The molecule has 0 aromatic heterocycles. The van der Waals surface area contributed by atoms with Gasteiger partial charge in [0.25, 0.3) is 0 Å². The van der Waals surface area contributed by atoms with Gasteiger partial charge < -0.3 is 5.73 Å². The Balaban J connectivity index is 2.43. The Bertz CT molecular complexity index is 594. The maximum absolute atomic E-state index is 12.6. The summed E-state index contributed by atoms with van der Waals surface area (Å²) in [7, 11) is -3.50. The van der Waals surface area contributed by atoms with E-state index in [4.69, 9.17) is 5.73 Å². The third-order valence-electron chi connectivity index (χ3n) is 3.47. The van der Waals surface area contributed by atoms with Gasteiger partial charge in [0.05, 0.1) is 4.90 Å². The first-order chi connectivity index (χ1) is 8.73. The molecule has 1 heterocycles. The van der Waals surface area contributed by atoms with Gasteiger partial charge in [0.1, 0.15) is 0 Å². The molecular weight excluding hydrogens is 396 g/mol. The Morgan fingerprint density at radius 2 is 1.89 bits per heavy atom. The van der Waals surface area contributed by atoms with Crippen molar-refractivity contribution >= 4 is 41.9 Å². The van der Waals surface area contributed by atoms with Crippen LogP contribution in [0.25, 0.3) is 0 Å². The SMILES string of the molecule is Cc1cc(Br)c(S(=O)(=O)N2CC(C)C(N)C2)cc1Br. The normalized spacial score (nSPS) is 24.9. The lowest BCUT2D eigenvalue weighted by Crippen LogP contribution is -2.32. The molecule has 2 rings (SSSR count). The van der Waals surface area contributed by atoms with Crippen molar-refractivity contribution in [2.24, 2.45) is 11.7 Å². The van der Waals surface area contributed by atoms with Crippen LogP contribution in [0.2, 0.25) is 0 Å². The van der Waals surface area contributed by atoms with E-state index in [0.29, 0.717) is 17.6 Å². The highest BCUT2D eigenvalue weighted by Crippen LogP contribution is 2.32. The maximum Gasteiger partial charge on any atom is 0.244 e. The summed E-state index contributed by atoms with van der Waals surface area (Å²) in [5.41, 5.74) is 6.89. The van der Waals surface area contributed by atoms with Crippen LogP contribution >= 0.6 is 31.9 Å². The van der Waals surface area contributed by atoms with E-state index >= 15 is 0 Å². The second-order valence-corrected chi connectivity index (χ2v) is 8.61. The second kappa shape index (κ2) is 5.44. The van der Waals surface area contributed by atoms with Gasteiger partial charge in [-0.15, -0.1) is 0 Å². The number of benzene rings is 1. The third-order valence-corrected chi connectivity index (χ3v) is 7.11. The van der Waals surface area contributed by atoms with Crippen molar-refractivity contribution in [2.75, 3.05) is 13.1 Å². The molecular formula is C12H16Br2N2O2S. The smallest absolute Gasteiger partial charge is 0.244 e. The van der Waals surface area contributed by atoms with E-state index < -0.39 is 10.0 Å². The van der Waals surface area contributed by atoms with Gasteiger partial charge in [0, 0.05) is 28.1 Å². The fraction of sp³-hybridized carbons (Fsp3) is 0.500. The lowest BCUT2D eigenvalue weighted by molar-refractivity contribution is 0.464. The molecule has 2 unspecified atom stereocenters. The molecule has 106 valence electrons. The fourth-order valence-corrected chi connectivity index (χ4v) is 5.32. The predicted molar refractivity (Wildman–Crippen MR) is 82.5 cm³/mol. The van der Waals surface area contributed by atoms with Gasteiger partial charge >= 0.3 is 0 Å². The van der Waals surface area contributed by atoms with E-state index in [0.717, 1.165) is 10.0 Å². The molecule has 0 amide bonds. The number of aryl methyl sites for hydroxylation is 1. The second-order valence-electron chi connectivity index (χ2n) is 4.99. The Kier molecular flexibility index (Phi) is 4.42. The van der Waals surface area contributed by atoms with Crippen molar-refractivity contribution in [2.45, 2.75) is 24.8 Å². The molecule has 0 saturated carbocycles. The van der Waals surface area contributed by atoms with E-state index in [-0.39, 0.29) is 16.9 Å². The largest absolute Gasteiger partial charge is 0.326 e. The number of hydrogen-bond acceptors (Lipinski definition) is 3. The molecule has 1 saturated heterocycles. The first kappa shape index (κ1) is 15.4. The predicted octanol–water partition coefficient (Wildman–Crippen LogP) is 2.49. The molecule has 0 bridgehead atoms. The van der Waals surface area contributed by atoms with Crippen LogP contribution in [0.15, 0.2) is 26.0 Å². The van der Waals surface area contributed by atoms with Crippen LogP contribution in [-0.4, -0.2) is 31.9 Å².